The first-order chi connectivity index (χ1) is 29.4. The van der Waals surface area contributed by atoms with Crippen molar-refractivity contribution in [3.05, 3.63) is 246 Å². The zero-order valence-electron chi connectivity index (χ0n) is 33.5. The highest BCUT2D eigenvalue weighted by Gasteiger charge is 2.18. The fourth-order valence-corrected chi connectivity index (χ4v) is 7.06. The Kier molecular flexibility index (Phi) is 12.1. The summed E-state index contributed by atoms with van der Waals surface area (Å²) in [6.45, 7) is 5.40. The Labute approximate surface area is 353 Å². The van der Waals surface area contributed by atoms with Crippen molar-refractivity contribution in [2.24, 2.45) is 0 Å². The third kappa shape index (κ3) is 9.82. The third-order valence-corrected chi connectivity index (χ3v) is 10.3. The molecule has 0 bridgehead atoms. The lowest BCUT2D eigenvalue weighted by Gasteiger charge is -2.20. The normalized spacial score (nSPS) is 11.3. The molecule has 0 unspecified atom stereocenters. The van der Waals surface area contributed by atoms with E-state index in [0.717, 1.165) is 77.9 Å². The fourth-order valence-electron chi connectivity index (χ4n) is 7.06. The highest BCUT2D eigenvalue weighted by molar-refractivity contribution is 5.98. The maximum Gasteiger partial charge on any atom is 0.338 e. The maximum atomic E-state index is 12.4. The first kappa shape index (κ1) is 39.0. The second-order valence-electron chi connectivity index (χ2n) is 14.7. The summed E-state index contributed by atoms with van der Waals surface area (Å²) in [5.74, 6) is 0.0230. The van der Waals surface area contributed by atoms with Gasteiger partial charge in [-0.2, -0.15) is 0 Å². The van der Waals surface area contributed by atoms with Gasteiger partial charge in [0.05, 0.1) is 0 Å². The Balaban J connectivity index is 1.25. The van der Waals surface area contributed by atoms with E-state index in [9.17, 15) is 4.79 Å². The zero-order valence-corrected chi connectivity index (χ0v) is 33.5. The summed E-state index contributed by atoms with van der Waals surface area (Å²) in [7, 11) is 0. The molecule has 0 aliphatic carbocycles. The molecule has 0 saturated heterocycles. The lowest BCUT2D eigenvalue weighted by atomic mass is 9.84. The van der Waals surface area contributed by atoms with Gasteiger partial charge in [0, 0.05) is 5.57 Å². The maximum absolute atomic E-state index is 12.4. The second kappa shape index (κ2) is 18.6. The minimum atomic E-state index is -0.446. The number of benzene rings is 8. The number of hydrogen-bond acceptors (Lipinski definition) is 2. The molecule has 2 nitrogen and oxygen atoms in total. The minimum Gasteiger partial charge on any atom is -0.423 e. The lowest BCUT2D eigenvalue weighted by Crippen LogP contribution is -2.07. The standard InChI is InChI=1S/C58H44O2/c1-42(2)58(59)60-54-38-36-52(37-39-54)57-55(50-32-26-47(27-33-50)22-19-44-14-8-4-9-15-44)40-53(49-30-24-46(25-31-49)21-18-43-12-6-3-7-13-43)41-56(57)51-34-28-48(29-35-51)23-20-45-16-10-5-11-17-45/h3-41H,1H2,2H3/b21-18+,22-19+,23-20+. The van der Waals surface area contributed by atoms with Crippen LogP contribution in [0.15, 0.2) is 212 Å². The van der Waals surface area contributed by atoms with E-state index < -0.39 is 5.97 Å². The van der Waals surface area contributed by atoms with Gasteiger partial charge in [-0.3, -0.25) is 0 Å². The molecule has 288 valence electrons. The van der Waals surface area contributed by atoms with Crippen molar-refractivity contribution in [2.75, 3.05) is 0 Å². The largest absolute Gasteiger partial charge is 0.423 e. The van der Waals surface area contributed by atoms with Crippen molar-refractivity contribution in [3.63, 3.8) is 0 Å². The van der Waals surface area contributed by atoms with Crippen molar-refractivity contribution in [1.29, 1.82) is 0 Å². The molecule has 2 heteroatoms. The summed E-state index contributed by atoms with van der Waals surface area (Å²) >= 11 is 0. The Morgan fingerprint density at radius 2 is 0.700 bits per heavy atom. The van der Waals surface area contributed by atoms with Gasteiger partial charge in [-0.05, 0) is 109 Å². The quantitative estimate of drug-likeness (QED) is 0.0535. The average molecular weight is 773 g/mol. The summed E-state index contributed by atoms with van der Waals surface area (Å²) < 4.78 is 5.61. The van der Waals surface area contributed by atoms with Crippen LogP contribution in [0.1, 0.15) is 40.3 Å². The summed E-state index contributed by atoms with van der Waals surface area (Å²) in [5, 5.41) is 0. The first-order valence-electron chi connectivity index (χ1n) is 20.1. The number of carbonyl (C=O) groups excluding carboxylic acids is 1. The van der Waals surface area contributed by atoms with E-state index in [1.807, 2.05) is 42.5 Å². The van der Waals surface area contributed by atoms with E-state index in [1.54, 1.807) is 6.92 Å². The lowest BCUT2D eigenvalue weighted by molar-refractivity contribution is -0.130. The van der Waals surface area contributed by atoms with Gasteiger partial charge in [0.15, 0.2) is 0 Å². The van der Waals surface area contributed by atoms with Crippen molar-refractivity contribution in [1.82, 2.24) is 0 Å². The van der Waals surface area contributed by atoms with E-state index in [1.165, 1.54) is 0 Å². The van der Waals surface area contributed by atoms with E-state index in [4.69, 9.17) is 4.74 Å². The number of esters is 1. The monoisotopic (exact) mass is 772 g/mol. The van der Waals surface area contributed by atoms with Crippen LogP contribution in [0.25, 0.3) is 81.0 Å². The van der Waals surface area contributed by atoms with E-state index in [0.29, 0.717) is 11.3 Å². The molecule has 0 fully saturated rings. The molecule has 0 N–H and O–H groups in total. The molecular formula is C58H44O2. The summed E-state index contributed by atoms with van der Waals surface area (Å²) in [5.41, 5.74) is 15.9. The Bertz CT molecular complexity index is 2680. The van der Waals surface area contributed by atoms with Gasteiger partial charge >= 0.3 is 5.97 Å². The van der Waals surface area contributed by atoms with Gasteiger partial charge in [0.2, 0.25) is 0 Å². The van der Waals surface area contributed by atoms with Gasteiger partial charge < -0.3 is 4.74 Å². The zero-order chi connectivity index (χ0) is 41.1. The number of hydrogen-bond donors (Lipinski definition) is 0. The van der Waals surface area contributed by atoms with Crippen LogP contribution in [0.2, 0.25) is 0 Å². The molecule has 0 heterocycles. The number of ether oxygens (including phenoxy) is 1. The van der Waals surface area contributed by atoms with Crippen LogP contribution in [0, 0.1) is 0 Å². The highest BCUT2D eigenvalue weighted by atomic mass is 16.5. The SMILES string of the molecule is C=C(C)C(=O)Oc1ccc(-c2c(-c3ccc(/C=C/c4ccccc4)cc3)cc(-c3ccc(/C=C/c4ccccc4)cc3)cc2-c2ccc(/C=C/c3ccccc3)cc2)cc1. The van der Waals surface area contributed by atoms with E-state index >= 15 is 0 Å². The summed E-state index contributed by atoms with van der Waals surface area (Å²) in [4.78, 5) is 12.4. The Morgan fingerprint density at radius 1 is 0.383 bits per heavy atom. The van der Waals surface area contributed by atoms with Crippen LogP contribution in [-0.4, -0.2) is 5.97 Å². The molecule has 0 aliphatic heterocycles. The Hall–Kier alpha value is -7.81. The smallest absolute Gasteiger partial charge is 0.338 e. The van der Waals surface area contributed by atoms with Gasteiger partial charge in [-0.1, -0.05) is 219 Å². The summed E-state index contributed by atoms with van der Waals surface area (Å²) in [6, 6.07) is 69.7. The summed E-state index contributed by atoms with van der Waals surface area (Å²) in [6.07, 6.45) is 12.9. The van der Waals surface area contributed by atoms with E-state index in [-0.39, 0.29) is 0 Å². The highest BCUT2D eigenvalue weighted by Crippen LogP contribution is 2.44. The van der Waals surface area contributed by atoms with Crippen molar-refractivity contribution in [2.45, 2.75) is 6.92 Å². The third-order valence-electron chi connectivity index (χ3n) is 10.3. The number of rotatable bonds is 12. The van der Waals surface area contributed by atoms with Crippen LogP contribution < -0.4 is 4.74 Å². The van der Waals surface area contributed by atoms with Crippen molar-refractivity contribution < 1.29 is 9.53 Å². The van der Waals surface area contributed by atoms with Crippen LogP contribution in [0.3, 0.4) is 0 Å². The number of carbonyl (C=O) groups is 1. The van der Waals surface area contributed by atoms with Crippen LogP contribution >= 0.6 is 0 Å². The van der Waals surface area contributed by atoms with E-state index in [2.05, 4.69) is 201 Å². The molecule has 0 radical (unpaired) electrons. The average Bonchev–Trinajstić information content (AvgIpc) is 3.31. The van der Waals surface area contributed by atoms with Gasteiger partial charge in [-0.25, -0.2) is 4.79 Å². The molecule has 0 spiro atoms. The predicted octanol–water partition coefficient (Wildman–Crippen LogP) is 15.3. The molecule has 0 aliphatic rings. The first-order valence-corrected chi connectivity index (χ1v) is 20.1. The molecule has 0 atom stereocenters. The fraction of sp³-hybridized carbons (Fsp3) is 0.0172. The van der Waals surface area contributed by atoms with Gasteiger partial charge in [0.1, 0.15) is 5.75 Å². The minimum absolute atomic E-state index is 0.351. The molecule has 0 aromatic heterocycles. The van der Waals surface area contributed by atoms with Crippen LogP contribution in [0.4, 0.5) is 0 Å². The van der Waals surface area contributed by atoms with Crippen molar-refractivity contribution in [3.8, 4) is 50.3 Å². The molecule has 8 rings (SSSR count). The second-order valence-corrected chi connectivity index (χ2v) is 14.7. The van der Waals surface area contributed by atoms with Crippen LogP contribution in [0.5, 0.6) is 5.75 Å². The van der Waals surface area contributed by atoms with Crippen LogP contribution in [-0.2, 0) is 4.79 Å². The van der Waals surface area contributed by atoms with Gasteiger partial charge in [-0.15, -0.1) is 0 Å². The molecular weight excluding hydrogens is 729 g/mol. The predicted molar refractivity (Wildman–Crippen MR) is 255 cm³/mol. The topological polar surface area (TPSA) is 26.3 Å². The van der Waals surface area contributed by atoms with Crippen molar-refractivity contribution >= 4 is 42.4 Å². The molecule has 0 amide bonds. The molecule has 60 heavy (non-hydrogen) atoms. The molecule has 8 aromatic carbocycles. The molecule has 8 aromatic rings. The van der Waals surface area contributed by atoms with Gasteiger partial charge in [0.25, 0.3) is 0 Å². The Morgan fingerprint density at radius 3 is 1.05 bits per heavy atom. The molecule has 0 saturated carbocycles.